The summed E-state index contributed by atoms with van der Waals surface area (Å²) in [5.41, 5.74) is 6.21. The van der Waals surface area contributed by atoms with Crippen LogP contribution in [-0.2, 0) is 20.7 Å². The highest BCUT2D eigenvalue weighted by atomic mass is 35.5. The number of aliphatic hydroxyl groups is 1. The molecular formula is C18H28ClN3O6. The van der Waals surface area contributed by atoms with Crippen LogP contribution in [0.1, 0.15) is 32.3 Å². The van der Waals surface area contributed by atoms with Crippen LogP contribution in [0.4, 0.5) is 5.69 Å². The third-order valence-corrected chi connectivity index (χ3v) is 4.52. The normalized spacial score (nSPS) is 14.8. The second kappa shape index (κ2) is 12.3. The number of hydrogen-bond donors (Lipinski definition) is 3. The number of aliphatic hydroxyl groups excluding tert-OH is 1. The smallest absolute Gasteiger partial charge is 0.328 e. The van der Waals surface area contributed by atoms with Crippen molar-refractivity contribution in [3.63, 3.8) is 0 Å². The number of esters is 1. The molecule has 0 fully saturated rings. The molecule has 4 N–H and O–H groups in total. The second-order valence-corrected chi connectivity index (χ2v) is 6.48. The number of nitrogens with two attached hydrogens (primary N) is 1. The fourth-order valence-corrected chi connectivity index (χ4v) is 2.62. The van der Waals surface area contributed by atoms with Gasteiger partial charge in [-0.3, -0.25) is 14.9 Å². The second-order valence-electron chi connectivity index (χ2n) is 6.48. The molecule has 1 aromatic carbocycles. The minimum Gasteiger partial charge on any atom is -0.467 e. The topological polar surface area (TPSA) is 145 Å². The van der Waals surface area contributed by atoms with E-state index in [4.69, 9.17) is 10.5 Å². The predicted molar refractivity (Wildman–Crippen MR) is 106 cm³/mol. The molecule has 158 valence electrons. The molecule has 0 aliphatic rings. The fourth-order valence-electron chi connectivity index (χ4n) is 2.62. The number of benzene rings is 1. The molecule has 0 bridgehead atoms. The summed E-state index contributed by atoms with van der Waals surface area (Å²) >= 11 is 0. The standard InChI is InChI=1S/C18H27N3O6.ClH/c1-4-11(2)17(18(24)27-3)20-16(23)10-15(22)13(19)9-12-7-5-6-8-14(12)21(25)26;/h5-8,11,13,15,17,22H,4,9-10,19H2,1-3H3,(H,20,23);1H/t11?,13-,15?,17-;/m0./s1. The molecule has 0 heterocycles. The van der Waals surface area contributed by atoms with Gasteiger partial charge in [0.05, 0.1) is 24.6 Å². The fraction of sp³-hybridized carbons (Fsp3) is 0.556. The Kier molecular flexibility index (Phi) is 11.3. The Morgan fingerprint density at radius 2 is 1.96 bits per heavy atom. The molecule has 2 unspecified atom stereocenters. The third-order valence-electron chi connectivity index (χ3n) is 4.52. The van der Waals surface area contributed by atoms with Crippen molar-refractivity contribution in [1.29, 1.82) is 0 Å². The van der Waals surface area contributed by atoms with Crippen molar-refractivity contribution in [2.75, 3.05) is 7.11 Å². The SMILES string of the molecule is CCC(C)[C@H](NC(=O)CC(O)[C@@H](N)Cc1ccccc1[N+](=O)[O-])C(=O)OC.Cl. The zero-order valence-corrected chi connectivity index (χ0v) is 17.0. The third kappa shape index (κ3) is 7.41. The number of methoxy groups -OCH3 is 1. The van der Waals surface area contributed by atoms with Crippen LogP contribution >= 0.6 is 12.4 Å². The van der Waals surface area contributed by atoms with Gasteiger partial charge in [-0.1, -0.05) is 38.5 Å². The Balaban J connectivity index is 0.00000729. The number of nitro benzene ring substituents is 1. The molecule has 1 rings (SSSR count). The first-order chi connectivity index (χ1) is 12.7. The summed E-state index contributed by atoms with van der Waals surface area (Å²) in [6.07, 6.45) is -0.858. The molecule has 0 aromatic heterocycles. The minimum absolute atomic E-state index is 0. The van der Waals surface area contributed by atoms with Crippen LogP contribution in [-0.4, -0.2) is 47.2 Å². The summed E-state index contributed by atoms with van der Waals surface area (Å²) in [6.45, 7) is 3.68. The summed E-state index contributed by atoms with van der Waals surface area (Å²) < 4.78 is 4.70. The van der Waals surface area contributed by atoms with Gasteiger partial charge in [0.2, 0.25) is 5.91 Å². The van der Waals surface area contributed by atoms with Gasteiger partial charge in [0.15, 0.2) is 0 Å². The van der Waals surface area contributed by atoms with Gasteiger partial charge in [-0.05, 0) is 12.3 Å². The molecule has 1 aromatic rings. The van der Waals surface area contributed by atoms with Crippen molar-refractivity contribution in [1.82, 2.24) is 5.32 Å². The number of nitrogens with one attached hydrogen (secondary N) is 1. The number of carbonyl (C=O) groups is 2. The molecule has 0 spiro atoms. The van der Waals surface area contributed by atoms with E-state index in [2.05, 4.69) is 5.32 Å². The molecule has 0 radical (unpaired) electrons. The number of nitrogens with zero attached hydrogens (tertiary/aromatic N) is 1. The van der Waals surface area contributed by atoms with Gasteiger partial charge < -0.3 is 20.9 Å². The molecule has 0 saturated heterocycles. The number of nitro groups is 1. The van der Waals surface area contributed by atoms with Gasteiger partial charge in [-0.2, -0.15) is 0 Å². The van der Waals surface area contributed by atoms with Crippen LogP contribution < -0.4 is 11.1 Å². The number of ether oxygens (including phenoxy) is 1. The van der Waals surface area contributed by atoms with Crippen LogP contribution in [0.5, 0.6) is 0 Å². The van der Waals surface area contributed by atoms with Gasteiger partial charge in [0, 0.05) is 17.7 Å². The number of halogens is 1. The summed E-state index contributed by atoms with van der Waals surface area (Å²) in [7, 11) is 1.24. The maximum atomic E-state index is 12.2. The predicted octanol–water partition coefficient (Wildman–Crippen LogP) is 1.34. The van der Waals surface area contributed by atoms with E-state index in [9.17, 15) is 24.8 Å². The highest BCUT2D eigenvalue weighted by molar-refractivity contribution is 5.85. The zero-order chi connectivity index (χ0) is 20.6. The van der Waals surface area contributed by atoms with Crippen molar-refractivity contribution in [3.8, 4) is 0 Å². The lowest BCUT2D eigenvalue weighted by atomic mass is 9.97. The zero-order valence-electron chi connectivity index (χ0n) is 16.2. The molecule has 10 heteroatoms. The highest BCUT2D eigenvalue weighted by Gasteiger charge is 2.28. The van der Waals surface area contributed by atoms with Crippen LogP contribution in [0.3, 0.4) is 0 Å². The Morgan fingerprint density at radius 1 is 1.36 bits per heavy atom. The monoisotopic (exact) mass is 417 g/mol. The maximum Gasteiger partial charge on any atom is 0.328 e. The molecule has 9 nitrogen and oxygen atoms in total. The first kappa shape index (κ1) is 25.8. The molecule has 28 heavy (non-hydrogen) atoms. The van der Waals surface area contributed by atoms with Crippen molar-refractivity contribution >= 4 is 30.0 Å². The lowest BCUT2D eigenvalue weighted by Gasteiger charge is -2.23. The molecule has 1 amide bonds. The average molecular weight is 418 g/mol. The van der Waals surface area contributed by atoms with Crippen LogP contribution in [0.15, 0.2) is 24.3 Å². The van der Waals surface area contributed by atoms with Crippen molar-refractivity contribution in [2.45, 2.75) is 51.3 Å². The van der Waals surface area contributed by atoms with Gasteiger partial charge in [-0.15, -0.1) is 12.4 Å². The Morgan fingerprint density at radius 3 is 2.50 bits per heavy atom. The van der Waals surface area contributed by atoms with Gasteiger partial charge in [-0.25, -0.2) is 4.79 Å². The van der Waals surface area contributed by atoms with Crippen molar-refractivity contribution in [2.24, 2.45) is 11.7 Å². The number of rotatable bonds is 10. The highest BCUT2D eigenvalue weighted by Crippen LogP contribution is 2.20. The summed E-state index contributed by atoms with van der Waals surface area (Å²) in [6, 6.07) is 4.40. The van der Waals surface area contributed by atoms with Crippen molar-refractivity contribution < 1.29 is 24.4 Å². The lowest BCUT2D eigenvalue weighted by Crippen LogP contribution is -2.48. The van der Waals surface area contributed by atoms with Crippen molar-refractivity contribution in [3.05, 3.63) is 39.9 Å². The van der Waals surface area contributed by atoms with E-state index in [0.717, 1.165) is 0 Å². The largest absolute Gasteiger partial charge is 0.467 e. The summed E-state index contributed by atoms with van der Waals surface area (Å²) in [5.74, 6) is -1.24. The van der Waals surface area contributed by atoms with Gasteiger partial charge in [0.1, 0.15) is 6.04 Å². The quantitative estimate of drug-likeness (QED) is 0.296. The molecular weight excluding hydrogens is 390 g/mol. The van der Waals surface area contributed by atoms with E-state index in [1.54, 1.807) is 25.1 Å². The minimum atomic E-state index is -1.22. The van der Waals surface area contributed by atoms with Gasteiger partial charge in [0.25, 0.3) is 5.69 Å². The van der Waals surface area contributed by atoms with E-state index in [1.165, 1.54) is 13.2 Å². The number of hydrogen-bond acceptors (Lipinski definition) is 7. The summed E-state index contributed by atoms with van der Waals surface area (Å²) in [4.78, 5) is 34.5. The summed E-state index contributed by atoms with van der Waals surface area (Å²) in [5, 5.41) is 23.8. The Bertz CT molecular complexity index is 672. The Hall–Kier alpha value is -2.23. The number of amides is 1. The van der Waals surface area contributed by atoms with E-state index in [1.807, 2.05) is 6.92 Å². The van der Waals surface area contributed by atoms with Crippen LogP contribution in [0.2, 0.25) is 0 Å². The maximum absolute atomic E-state index is 12.2. The van der Waals surface area contributed by atoms with Crippen LogP contribution in [0, 0.1) is 16.0 Å². The first-order valence-corrected chi connectivity index (χ1v) is 8.74. The average Bonchev–Trinajstić information content (AvgIpc) is 2.64. The number of para-hydroxylation sites is 1. The van der Waals surface area contributed by atoms with Gasteiger partial charge >= 0.3 is 5.97 Å². The molecule has 0 saturated carbocycles. The first-order valence-electron chi connectivity index (χ1n) is 8.74. The number of carbonyl (C=O) groups excluding carboxylic acids is 2. The van der Waals surface area contributed by atoms with E-state index in [0.29, 0.717) is 12.0 Å². The van der Waals surface area contributed by atoms with E-state index < -0.39 is 35.0 Å². The van der Waals surface area contributed by atoms with Crippen LogP contribution in [0.25, 0.3) is 0 Å². The molecule has 0 aliphatic heterocycles. The Labute approximate surface area is 170 Å². The van der Waals surface area contributed by atoms with E-state index in [-0.39, 0.29) is 36.9 Å². The lowest BCUT2D eigenvalue weighted by molar-refractivity contribution is -0.385. The molecule has 4 atom stereocenters. The van der Waals surface area contributed by atoms with E-state index >= 15 is 0 Å². The molecule has 0 aliphatic carbocycles.